The molecule has 2 aromatic carbocycles. The van der Waals surface area contributed by atoms with Crippen LogP contribution in [0.15, 0.2) is 64.7 Å². The maximum atomic E-state index is 13.6. The summed E-state index contributed by atoms with van der Waals surface area (Å²) in [5.41, 5.74) is 1.75. The van der Waals surface area contributed by atoms with Gasteiger partial charge in [0.15, 0.2) is 0 Å². The predicted octanol–water partition coefficient (Wildman–Crippen LogP) is -2.27. The first-order valence-electron chi connectivity index (χ1n) is 10.3. The quantitative estimate of drug-likeness (QED) is 0.393. The number of rotatable bonds is 4. The molecule has 2 aromatic rings. The summed E-state index contributed by atoms with van der Waals surface area (Å²) in [5, 5.41) is 22.1. The minimum atomic E-state index is -3.98. The number of carboxylic acid groups (broad SMARTS) is 1. The Balaban J connectivity index is 0.00000259. The molecule has 0 aliphatic carbocycles. The summed E-state index contributed by atoms with van der Waals surface area (Å²) in [5.74, 6) is -3.21. The van der Waals surface area contributed by atoms with Crippen LogP contribution in [0, 0.1) is 11.8 Å². The predicted molar refractivity (Wildman–Crippen MR) is 113 cm³/mol. The summed E-state index contributed by atoms with van der Waals surface area (Å²) in [6, 6.07) is 13.2. The van der Waals surface area contributed by atoms with E-state index in [1.165, 1.54) is 17.3 Å². The van der Waals surface area contributed by atoms with Crippen LogP contribution in [0.5, 0.6) is 0 Å². The molecule has 3 aliphatic heterocycles. The van der Waals surface area contributed by atoms with Crippen LogP contribution < -0.4 is 39.0 Å². The zero-order chi connectivity index (χ0) is 22.9. The molecule has 3 heterocycles. The number of aliphatic hydroxyl groups excluding tert-OH is 1. The van der Waals surface area contributed by atoms with E-state index >= 15 is 0 Å². The number of para-hydroxylation sites is 1. The number of anilines is 1. The molecule has 0 radical (unpaired) electrons. The minimum absolute atomic E-state index is 0. The van der Waals surface area contributed by atoms with Crippen molar-refractivity contribution in [2.75, 3.05) is 10.8 Å². The van der Waals surface area contributed by atoms with Gasteiger partial charge in [0.2, 0.25) is 5.91 Å². The van der Waals surface area contributed by atoms with Gasteiger partial charge in [0.05, 0.1) is 46.9 Å². The smallest absolute Gasteiger partial charge is 0.543 e. The second-order valence-corrected chi connectivity index (χ2v) is 10.3. The van der Waals surface area contributed by atoms with Crippen LogP contribution in [-0.4, -0.2) is 49.0 Å². The van der Waals surface area contributed by atoms with Crippen LogP contribution in [0.4, 0.5) is 5.69 Å². The maximum absolute atomic E-state index is 13.6. The molecule has 10 heteroatoms. The Morgan fingerprint density at radius 1 is 1.12 bits per heavy atom. The Hall–Kier alpha value is -2.17. The van der Waals surface area contributed by atoms with E-state index in [1.54, 1.807) is 37.3 Å². The Bertz CT molecular complexity index is 1310. The van der Waals surface area contributed by atoms with Gasteiger partial charge in [-0.2, -0.15) is 0 Å². The summed E-state index contributed by atoms with van der Waals surface area (Å²) >= 11 is 0. The summed E-state index contributed by atoms with van der Waals surface area (Å²) < 4.78 is 28.3. The van der Waals surface area contributed by atoms with Gasteiger partial charge >= 0.3 is 29.6 Å². The normalized spacial score (nSPS) is 25.4. The van der Waals surface area contributed by atoms with E-state index in [2.05, 4.69) is 0 Å². The SMILES string of the molecule is CC(O)C1C(=O)N2C(C(=O)[O-])=C(CN3c4ccccc4-c4ccccc4S3(=O)=O)C(C)C12.[Na+]. The Labute approximate surface area is 213 Å². The molecule has 3 aliphatic rings. The van der Waals surface area contributed by atoms with E-state index in [0.717, 1.165) is 10.5 Å². The molecule has 1 saturated heterocycles. The number of amides is 1. The molecular weight excluding hydrogens is 455 g/mol. The molecule has 8 nitrogen and oxygen atoms in total. The van der Waals surface area contributed by atoms with Crippen molar-refractivity contribution in [3.8, 4) is 11.1 Å². The fraction of sp³-hybridized carbons (Fsp3) is 0.304. The van der Waals surface area contributed by atoms with Crippen molar-refractivity contribution in [2.24, 2.45) is 11.8 Å². The molecular formula is C23H21N2NaO6S. The zero-order valence-electron chi connectivity index (χ0n) is 18.4. The van der Waals surface area contributed by atoms with Crippen LogP contribution in [-0.2, 0) is 19.6 Å². The second kappa shape index (κ2) is 8.25. The largest absolute Gasteiger partial charge is 1.00 e. The molecule has 0 bridgehead atoms. The van der Waals surface area contributed by atoms with Gasteiger partial charge in [-0.3, -0.25) is 9.10 Å². The van der Waals surface area contributed by atoms with Crippen molar-refractivity contribution in [2.45, 2.75) is 30.9 Å². The first-order chi connectivity index (χ1) is 15.2. The van der Waals surface area contributed by atoms with Gasteiger partial charge in [0.1, 0.15) is 0 Å². The van der Waals surface area contributed by atoms with Crippen molar-refractivity contribution in [3.05, 3.63) is 59.8 Å². The number of aliphatic carboxylic acids is 1. The van der Waals surface area contributed by atoms with Gasteiger partial charge in [0, 0.05) is 17.0 Å². The molecule has 33 heavy (non-hydrogen) atoms. The number of hydrogen-bond acceptors (Lipinski definition) is 6. The van der Waals surface area contributed by atoms with Crippen LogP contribution in [0.3, 0.4) is 0 Å². The fourth-order valence-corrected chi connectivity index (χ4v) is 6.92. The van der Waals surface area contributed by atoms with Crippen LogP contribution in [0.1, 0.15) is 13.8 Å². The van der Waals surface area contributed by atoms with Crippen molar-refractivity contribution in [1.82, 2.24) is 4.90 Å². The molecule has 0 saturated carbocycles. The topological polar surface area (TPSA) is 118 Å². The number of β-lactam (4-membered cyclic amide) rings is 1. The van der Waals surface area contributed by atoms with Crippen LogP contribution >= 0.6 is 0 Å². The summed E-state index contributed by atoms with van der Waals surface area (Å²) in [7, 11) is -3.98. The maximum Gasteiger partial charge on any atom is 1.00 e. The minimum Gasteiger partial charge on any atom is -0.543 e. The number of nitrogens with zero attached hydrogens (tertiary/aromatic N) is 2. The summed E-state index contributed by atoms with van der Waals surface area (Å²) in [4.78, 5) is 25.9. The zero-order valence-corrected chi connectivity index (χ0v) is 21.2. The standard InChI is InChI=1S/C23H22N2O6S.Na/c1-12-16(21(23(28)29)25-20(12)19(13(2)26)22(25)27)11-24-17-9-5-3-7-14(17)15-8-4-6-10-18(15)32(24,30)31;/h3-10,12-13,19-20,26H,11H2,1-2H3,(H,28,29);/q;+1/p-1. The van der Waals surface area contributed by atoms with E-state index in [0.29, 0.717) is 16.8 Å². The van der Waals surface area contributed by atoms with Gasteiger partial charge in [-0.25, -0.2) is 8.42 Å². The van der Waals surface area contributed by atoms with E-state index in [-0.39, 0.29) is 46.7 Å². The van der Waals surface area contributed by atoms with Crippen LogP contribution in [0.25, 0.3) is 11.1 Å². The molecule has 4 unspecified atom stereocenters. The molecule has 4 atom stereocenters. The average Bonchev–Trinajstić information content (AvgIpc) is 2.99. The number of carbonyl (C=O) groups is 2. The number of fused-ring (bicyclic) bond motifs is 4. The molecule has 0 aromatic heterocycles. The molecule has 1 fully saturated rings. The monoisotopic (exact) mass is 476 g/mol. The third kappa shape index (κ3) is 3.29. The van der Waals surface area contributed by atoms with Gasteiger partial charge < -0.3 is 19.9 Å². The number of hydrogen-bond donors (Lipinski definition) is 1. The van der Waals surface area contributed by atoms with Gasteiger partial charge in [-0.05, 0) is 24.6 Å². The summed E-state index contributed by atoms with van der Waals surface area (Å²) in [6.45, 7) is 3.01. The van der Waals surface area contributed by atoms with Crippen molar-refractivity contribution >= 4 is 27.6 Å². The summed E-state index contributed by atoms with van der Waals surface area (Å²) in [6.07, 6.45) is -0.945. The molecule has 5 rings (SSSR count). The molecule has 166 valence electrons. The Morgan fingerprint density at radius 2 is 1.73 bits per heavy atom. The number of carboxylic acids is 1. The van der Waals surface area contributed by atoms with E-state index in [1.807, 2.05) is 12.1 Å². The third-order valence-corrected chi connectivity index (χ3v) is 8.56. The van der Waals surface area contributed by atoms with Crippen molar-refractivity contribution in [1.29, 1.82) is 0 Å². The Morgan fingerprint density at radius 3 is 2.36 bits per heavy atom. The third-order valence-electron chi connectivity index (χ3n) is 6.74. The van der Waals surface area contributed by atoms with E-state index < -0.39 is 45.9 Å². The van der Waals surface area contributed by atoms with Crippen molar-refractivity contribution in [3.63, 3.8) is 0 Å². The average molecular weight is 476 g/mol. The molecule has 1 N–H and O–H groups in total. The number of aliphatic hydroxyl groups is 1. The number of carbonyl (C=O) groups excluding carboxylic acids is 2. The Kier molecular flexibility index (Phi) is 5.99. The van der Waals surface area contributed by atoms with Gasteiger partial charge in [-0.15, -0.1) is 0 Å². The van der Waals surface area contributed by atoms with E-state index in [4.69, 9.17) is 0 Å². The second-order valence-electron chi connectivity index (χ2n) is 8.44. The molecule has 1 amide bonds. The van der Waals surface area contributed by atoms with Crippen LogP contribution in [0.2, 0.25) is 0 Å². The first kappa shape index (κ1) is 24.0. The first-order valence-corrected chi connectivity index (χ1v) is 11.8. The van der Waals surface area contributed by atoms with Crippen molar-refractivity contribution < 1.29 is 57.8 Å². The number of benzene rings is 2. The fourth-order valence-electron chi connectivity index (χ4n) is 5.25. The number of sulfonamides is 1. The molecule has 0 spiro atoms. The van der Waals surface area contributed by atoms with Gasteiger partial charge in [-0.1, -0.05) is 43.3 Å². The van der Waals surface area contributed by atoms with Gasteiger partial charge in [0.25, 0.3) is 10.0 Å². The van der Waals surface area contributed by atoms with E-state index in [9.17, 15) is 28.2 Å².